The number of anilines is 6. The summed E-state index contributed by atoms with van der Waals surface area (Å²) in [5.74, 6) is 0. The molecule has 0 unspecified atom stereocenters. The lowest BCUT2D eigenvalue weighted by molar-refractivity contribution is 0.685. The maximum absolute atomic E-state index is 2.55. The van der Waals surface area contributed by atoms with Crippen LogP contribution in [0.15, 0.2) is 121 Å². The van der Waals surface area contributed by atoms with Crippen LogP contribution in [-0.4, -0.2) is 0 Å². The highest BCUT2D eigenvalue weighted by atomic mass is 15.2. The first-order valence-electron chi connectivity index (χ1n) is 19.4. The molecule has 0 fully saturated rings. The molecule has 0 heterocycles. The van der Waals surface area contributed by atoms with Crippen LogP contribution in [0.2, 0.25) is 0 Å². The number of nitrogens with zero attached hydrogens (tertiary/aromatic N) is 2. The summed E-state index contributed by atoms with van der Waals surface area (Å²) in [5, 5.41) is 5.00. The van der Waals surface area contributed by atoms with Gasteiger partial charge in [-0.25, -0.2) is 0 Å². The topological polar surface area (TPSA) is 6.48 Å². The second-order valence-corrected chi connectivity index (χ2v) is 15.3. The van der Waals surface area contributed by atoms with E-state index in [1.54, 1.807) is 0 Å². The summed E-state index contributed by atoms with van der Waals surface area (Å²) in [7, 11) is 0. The Kier molecular flexibility index (Phi) is 8.35. The van der Waals surface area contributed by atoms with Gasteiger partial charge in [0.25, 0.3) is 0 Å². The Labute approximate surface area is 309 Å². The second-order valence-electron chi connectivity index (χ2n) is 15.3. The molecule has 258 valence electrons. The number of aryl methyl sites for hydroxylation is 8. The molecule has 52 heavy (non-hydrogen) atoms. The van der Waals surface area contributed by atoms with Crippen molar-refractivity contribution in [2.24, 2.45) is 0 Å². The highest BCUT2D eigenvalue weighted by Gasteiger charge is 2.27. The number of hydrogen-bond acceptors (Lipinski definition) is 2. The largest absolute Gasteiger partial charge is 0.309 e. The van der Waals surface area contributed by atoms with Gasteiger partial charge in [-0.15, -0.1) is 0 Å². The first-order valence-corrected chi connectivity index (χ1v) is 19.4. The van der Waals surface area contributed by atoms with Gasteiger partial charge >= 0.3 is 0 Å². The minimum absolute atomic E-state index is 1.15. The minimum atomic E-state index is 1.15. The maximum atomic E-state index is 2.55. The lowest BCUT2D eigenvalue weighted by Crippen LogP contribution is -2.16. The van der Waals surface area contributed by atoms with Crippen molar-refractivity contribution in [3.63, 3.8) is 0 Å². The Hall–Kier alpha value is -5.34. The van der Waals surface area contributed by atoms with Gasteiger partial charge in [-0.05, 0) is 172 Å². The van der Waals surface area contributed by atoms with Gasteiger partial charge in [0, 0.05) is 44.3 Å². The molecule has 0 aromatic heterocycles. The molecular formula is C50H48N2. The molecule has 9 rings (SSSR count). The first-order chi connectivity index (χ1) is 25.4. The molecule has 0 bridgehead atoms. The molecule has 0 atom stereocenters. The number of fused-ring (bicyclic) bond motifs is 4. The minimum Gasteiger partial charge on any atom is -0.309 e. The third-order valence-corrected chi connectivity index (χ3v) is 12.0. The van der Waals surface area contributed by atoms with Crippen molar-refractivity contribution in [3.8, 4) is 0 Å². The van der Waals surface area contributed by atoms with Crippen LogP contribution in [0.5, 0.6) is 0 Å². The highest BCUT2D eigenvalue weighted by molar-refractivity contribution is 6.23. The van der Waals surface area contributed by atoms with Gasteiger partial charge in [-0.1, -0.05) is 72.8 Å². The predicted molar refractivity (Wildman–Crippen MR) is 223 cm³/mol. The maximum Gasteiger partial charge on any atom is 0.0619 e. The quantitative estimate of drug-likeness (QED) is 0.128. The molecule has 2 heteroatoms. The van der Waals surface area contributed by atoms with Crippen molar-refractivity contribution in [3.05, 3.63) is 166 Å². The van der Waals surface area contributed by atoms with Crippen molar-refractivity contribution in [1.29, 1.82) is 0 Å². The van der Waals surface area contributed by atoms with E-state index in [-0.39, 0.29) is 0 Å². The molecule has 0 amide bonds. The van der Waals surface area contributed by atoms with Crippen LogP contribution >= 0.6 is 0 Å². The van der Waals surface area contributed by atoms with Gasteiger partial charge in [0.15, 0.2) is 0 Å². The number of hydrogen-bond donors (Lipinski definition) is 0. The van der Waals surface area contributed by atoms with Crippen LogP contribution in [0, 0.1) is 27.7 Å². The molecule has 2 aliphatic carbocycles. The predicted octanol–water partition coefficient (Wildman–Crippen LogP) is 13.9. The standard InChI is InChI=1S/C50H48N2/c1-33-21-25-41(29-35(33)3)51(43-27-23-37-13-5-7-15-39(37)31-43)49-45-17-9-11-19-47(45)50(48-20-12-10-18-46(48)49)52(42-26-22-34(2)36(4)30-42)44-28-24-38-14-6-8-16-40(38)32-44/h9-12,17-32H,5-8,13-16H2,1-4H3. The van der Waals surface area contributed by atoms with Crippen LogP contribution in [0.4, 0.5) is 34.1 Å². The summed E-state index contributed by atoms with van der Waals surface area (Å²) >= 11 is 0. The Morgan fingerprint density at radius 1 is 0.327 bits per heavy atom. The molecule has 7 aromatic carbocycles. The molecule has 2 nitrogen and oxygen atoms in total. The van der Waals surface area contributed by atoms with Crippen molar-refractivity contribution < 1.29 is 0 Å². The Morgan fingerprint density at radius 2 is 0.654 bits per heavy atom. The van der Waals surface area contributed by atoms with E-state index in [9.17, 15) is 0 Å². The zero-order valence-corrected chi connectivity index (χ0v) is 31.1. The zero-order valence-electron chi connectivity index (χ0n) is 31.1. The summed E-state index contributed by atoms with van der Waals surface area (Å²) in [6, 6.07) is 46.7. The fourth-order valence-corrected chi connectivity index (χ4v) is 8.83. The Morgan fingerprint density at radius 3 is 1.02 bits per heavy atom. The third kappa shape index (κ3) is 5.66. The summed E-state index contributed by atoms with van der Waals surface area (Å²) in [6.07, 6.45) is 9.74. The van der Waals surface area contributed by atoms with E-state index in [1.807, 2.05) is 0 Å². The van der Waals surface area contributed by atoms with E-state index in [1.165, 1.54) is 139 Å². The average Bonchev–Trinajstić information content (AvgIpc) is 3.18. The van der Waals surface area contributed by atoms with E-state index < -0.39 is 0 Å². The summed E-state index contributed by atoms with van der Waals surface area (Å²) in [6.45, 7) is 8.90. The highest BCUT2D eigenvalue weighted by Crippen LogP contribution is 2.51. The van der Waals surface area contributed by atoms with Crippen LogP contribution < -0.4 is 9.80 Å². The molecule has 0 aliphatic heterocycles. The SMILES string of the molecule is Cc1ccc(N(c2ccc3c(c2)CCCC3)c2c3ccccc3c(N(c3ccc(C)c(C)c3)c3ccc4c(c3)CCCC4)c3ccccc23)cc1C. The molecule has 0 spiro atoms. The van der Waals surface area contributed by atoms with Gasteiger partial charge in [-0.3, -0.25) is 0 Å². The van der Waals surface area contributed by atoms with Crippen LogP contribution in [-0.2, 0) is 25.7 Å². The van der Waals surface area contributed by atoms with Crippen LogP contribution in [0.25, 0.3) is 21.5 Å². The molecule has 7 aromatic rings. The Balaban J connectivity index is 1.37. The second kappa shape index (κ2) is 13.3. The van der Waals surface area contributed by atoms with Crippen molar-refractivity contribution in [1.82, 2.24) is 0 Å². The molecular weight excluding hydrogens is 629 g/mol. The van der Waals surface area contributed by atoms with E-state index in [0.29, 0.717) is 0 Å². The zero-order chi connectivity index (χ0) is 35.3. The lowest BCUT2D eigenvalue weighted by Gasteiger charge is -2.34. The third-order valence-electron chi connectivity index (χ3n) is 12.0. The molecule has 0 saturated carbocycles. The monoisotopic (exact) mass is 676 g/mol. The smallest absolute Gasteiger partial charge is 0.0619 e. The van der Waals surface area contributed by atoms with E-state index in [2.05, 4.69) is 159 Å². The van der Waals surface area contributed by atoms with Gasteiger partial charge in [0.2, 0.25) is 0 Å². The molecule has 0 saturated heterocycles. The normalized spacial score (nSPS) is 13.9. The van der Waals surface area contributed by atoms with Crippen molar-refractivity contribution >= 4 is 55.7 Å². The van der Waals surface area contributed by atoms with Crippen molar-refractivity contribution in [2.45, 2.75) is 79.1 Å². The van der Waals surface area contributed by atoms with Gasteiger partial charge in [0.1, 0.15) is 0 Å². The summed E-state index contributed by atoms with van der Waals surface area (Å²) in [5.41, 5.74) is 18.6. The number of benzene rings is 7. The fourth-order valence-electron chi connectivity index (χ4n) is 8.83. The van der Waals surface area contributed by atoms with E-state index in [4.69, 9.17) is 0 Å². The van der Waals surface area contributed by atoms with Gasteiger partial charge in [0.05, 0.1) is 11.4 Å². The number of rotatable bonds is 6. The average molecular weight is 677 g/mol. The molecule has 2 aliphatic rings. The summed E-state index contributed by atoms with van der Waals surface area (Å²) < 4.78 is 0. The van der Waals surface area contributed by atoms with E-state index >= 15 is 0 Å². The Bertz CT molecular complexity index is 2260. The van der Waals surface area contributed by atoms with E-state index in [0.717, 1.165) is 12.8 Å². The molecule has 0 N–H and O–H groups in total. The van der Waals surface area contributed by atoms with Crippen LogP contribution in [0.1, 0.15) is 70.2 Å². The fraction of sp³-hybridized carbons (Fsp3) is 0.240. The van der Waals surface area contributed by atoms with Crippen LogP contribution in [0.3, 0.4) is 0 Å². The first kappa shape index (κ1) is 32.6. The lowest BCUT2D eigenvalue weighted by atomic mass is 9.90. The molecule has 0 radical (unpaired) electrons. The van der Waals surface area contributed by atoms with Crippen molar-refractivity contribution in [2.75, 3.05) is 9.80 Å². The van der Waals surface area contributed by atoms with Gasteiger partial charge < -0.3 is 9.80 Å². The van der Waals surface area contributed by atoms with Gasteiger partial charge in [-0.2, -0.15) is 0 Å². The summed E-state index contributed by atoms with van der Waals surface area (Å²) in [4.78, 5) is 5.10.